The summed E-state index contributed by atoms with van der Waals surface area (Å²) in [6.45, 7) is 3.29. The van der Waals surface area contributed by atoms with Crippen LogP contribution in [-0.2, 0) is 16.1 Å². The molecule has 26 heavy (non-hydrogen) atoms. The minimum absolute atomic E-state index is 0.119. The molecule has 0 aliphatic rings. The highest BCUT2D eigenvalue weighted by molar-refractivity contribution is 6.31. The molecular weight excluding hydrogens is 363 g/mol. The van der Waals surface area contributed by atoms with Crippen molar-refractivity contribution in [3.05, 3.63) is 64.3 Å². The predicted octanol–water partition coefficient (Wildman–Crippen LogP) is 3.42. The van der Waals surface area contributed by atoms with Crippen LogP contribution in [0.1, 0.15) is 23.0 Å². The third kappa shape index (κ3) is 3.97. The van der Waals surface area contributed by atoms with Gasteiger partial charge in [0.1, 0.15) is 11.0 Å². The zero-order valence-electron chi connectivity index (χ0n) is 13.9. The SMILES string of the molecule is Cc1noc(COC(=O)/C=C/c2c(C)nn(-c3ccc(F)cc3)c2Cl)n1. The number of hydrogen-bond donors (Lipinski definition) is 0. The summed E-state index contributed by atoms with van der Waals surface area (Å²) in [7, 11) is 0. The van der Waals surface area contributed by atoms with Crippen LogP contribution in [0.2, 0.25) is 5.15 Å². The van der Waals surface area contributed by atoms with Crippen LogP contribution < -0.4 is 0 Å². The Hall–Kier alpha value is -3.00. The van der Waals surface area contributed by atoms with Gasteiger partial charge in [-0.15, -0.1) is 0 Å². The van der Waals surface area contributed by atoms with Gasteiger partial charge in [-0.2, -0.15) is 10.1 Å². The maximum absolute atomic E-state index is 13.1. The van der Waals surface area contributed by atoms with Gasteiger partial charge in [0.05, 0.1) is 11.4 Å². The predicted molar refractivity (Wildman–Crippen MR) is 91.1 cm³/mol. The first-order valence-electron chi connectivity index (χ1n) is 7.59. The van der Waals surface area contributed by atoms with Crippen LogP contribution in [-0.4, -0.2) is 25.9 Å². The van der Waals surface area contributed by atoms with Gasteiger partial charge in [-0.25, -0.2) is 13.9 Å². The number of carbonyl (C=O) groups is 1. The summed E-state index contributed by atoms with van der Waals surface area (Å²) in [6.07, 6.45) is 2.74. The average molecular weight is 377 g/mol. The quantitative estimate of drug-likeness (QED) is 0.501. The maximum atomic E-state index is 13.1. The Morgan fingerprint density at radius 3 is 2.73 bits per heavy atom. The first-order chi connectivity index (χ1) is 12.4. The third-order valence-electron chi connectivity index (χ3n) is 3.41. The minimum Gasteiger partial charge on any atom is -0.452 e. The summed E-state index contributed by atoms with van der Waals surface area (Å²) in [6, 6.07) is 5.74. The zero-order valence-corrected chi connectivity index (χ0v) is 14.7. The van der Waals surface area contributed by atoms with Gasteiger partial charge in [0, 0.05) is 11.6 Å². The highest BCUT2D eigenvalue weighted by Crippen LogP contribution is 2.24. The van der Waals surface area contributed by atoms with Gasteiger partial charge in [0.25, 0.3) is 5.89 Å². The molecule has 0 radical (unpaired) electrons. The molecule has 0 saturated carbocycles. The van der Waals surface area contributed by atoms with Gasteiger partial charge in [-0.05, 0) is 44.2 Å². The second kappa shape index (κ2) is 7.49. The van der Waals surface area contributed by atoms with E-state index in [-0.39, 0.29) is 18.3 Å². The lowest BCUT2D eigenvalue weighted by Crippen LogP contribution is -2.01. The van der Waals surface area contributed by atoms with E-state index in [1.54, 1.807) is 26.0 Å². The van der Waals surface area contributed by atoms with Crippen LogP contribution in [0.5, 0.6) is 0 Å². The first-order valence-corrected chi connectivity index (χ1v) is 7.97. The summed E-state index contributed by atoms with van der Waals surface area (Å²) < 4.78 is 24.4. The number of ether oxygens (including phenoxy) is 1. The molecule has 0 bridgehead atoms. The molecule has 0 atom stereocenters. The molecular formula is C17H14ClFN4O3. The molecule has 0 amide bonds. The van der Waals surface area contributed by atoms with Gasteiger partial charge < -0.3 is 9.26 Å². The van der Waals surface area contributed by atoms with Crippen LogP contribution in [0.4, 0.5) is 4.39 Å². The molecule has 7 nitrogen and oxygen atoms in total. The molecule has 3 aromatic rings. The zero-order chi connectivity index (χ0) is 18.7. The fourth-order valence-electron chi connectivity index (χ4n) is 2.18. The van der Waals surface area contributed by atoms with Crippen LogP contribution in [0.3, 0.4) is 0 Å². The van der Waals surface area contributed by atoms with Crippen LogP contribution in [0, 0.1) is 19.7 Å². The van der Waals surface area contributed by atoms with Gasteiger partial charge >= 0.3 is 5.97 Å². The van der Waals surface area contributed by atoms with E-state index in [2.05, 4.69) is 15.2 Å². The summed E-state index contributed by atoms with van der Waals surface area (Å²) in [5.74, 6) is -0.274. The van der Waals surface area contributed by atoms with E-state index in [1.165, 1.54) is 29.0 Å². The van der Waals surface area contributed by atoms with Gasteiger partial charge in [0.15, 0.2) is 12.4 Å². The van der Waals surface area contributed by atoms with Crippen molar-refractivity contribution in [3.63, 3.8) is 0 Å². The number of carbonyl (C=O) groups excluding carboxylic acids is 1. The Labute approximate surface area is 153 Å². The molecule has 1 aromatic carbocycles. The van der Waals surface area contributed by atoms with Gasteiger partial charge in [-0.1, -0.05) is 16.8 Å². The molecule has 2 heterocycles. The number of aryl methyl sites for hydroxylation is 2. The van der Waals surface area contributed by atoms with Crippen molar-refractivity contribution < 1.29 is 18.4 Å². The lowest BCUT2D eigenvalue weighted by Gasteiger charge is -2.02. The Morgan fingerprint density at radius 1 is 1.35 bits per heavy atom. The van der Waals surface area contributed by atoms with Crippen molar-refractivity contribution >= 4 is 23.6 Å². The van der Waals surface area contributed by atoms with Crippen molar-refractivity contribution in [2.75, 3.05) is 0 Å². The second-order valence-corrected chi connectivity index (χ2v) is 5.71. The fourth-order valence-corrected chi connectivity index (χ4v) is 2.52. The molecule has 0 spiro atoms. The summed E-state index contributed by atoms with van der Waals surface area (Å²) in [5, 5.41) is 8.21. The molecule has 9 heteroatoms. The molecule has 134 valence electrons. The molecule has 3 rings (SSSR count). The topological polar surface area (TPSA) is 83.0 Å². The molecule has 0 fully saturated rings. The normalized spacial score (nSPS) is 11.2. The monoisotopic (exact) mass is 376 g/mol. The van der Waals surface area contributed by atoms with E-state index < -0.39 is 5.97 Å². The molecule has 2 aromatic heterocycles. The molecule has 0 aliphatic heterocycles. The van der Waals surface area contributed by atoms with E-state index in [4.69, 9.17) is 20.9 Å². The van der Waals surface area contributed by atoms with Gasteiger partial charge in [0.2, 0.25) is 0 Å². The second-order valence-electron chi connectivity index (χ2n) is 5.35. The Kier molecular flexibility index (Phi) is 5.13. The van der Waals surface area contributed by atoms with Gasteiger partial charge in [-0.3, -0.25) is 0 Å². The van der Waals surface area contributed by atoms with E-state index in [0.717, 1.165) is 0 Å². The fraction of sp³-hybridized carbons (Fsp3) is 0.176. The first kappa shape index (κ1) is 17.8. The minimum atomic E-state index is -0.592. The van der Waals surface area contributed by atoms with Crippen LogP contribution >= 0.6 is 11.6 Å². The molecule has 0 unspecified atom stereocenters. The lowest BCUT2D eigenvalue weighted by atomic mass is 10.2. The van der Waals surface area contributed by atoms with Crippen molar-refractivity contribution in [3.8, 4) is 5.69 Å². The smallest absolute Gasteiger partial charge is 0.331 e. The van der Waals surface area contributed by atoms with E-state index >= 15 is 0 Å². The number of esters is 1. The standard InChI is InChI=1S/C17H14ClFN4O3/c1-10-14(7-8-16(24)25-9-15-20-11(2)22-26-15)17(18)23(21-10)13-5-3-12(19)4-6-13/h3-8H,9H2,1-2H3/b8-7+. The highest BCUT2D eigenvalue weighted by Gasteiger charge is 2.13. The third-order valence-corrected chi connectivity index (χ3v) is 3.78. The summed E-state index contributed by atoms with van der Waals surface area (Å²) >= 11 is 6.33. The van der Waals surface area contributed by atoms with Crippen LogP contribution in [0.25, 0.3) is 11.8 Å². The Bertz CT molecular complexity index is 963. The number of benzene rings is 1. The average Bonchev–Trinajstić information content (AvgIpc) is 3.15. The van der Waals surface area contributed by atoms with E-state index in [9.17, 15) is 9.18 Å². The lowest BCUT2D eigenvalue weighted by molar-refractivity contribution is -0.139. The van der Waals surface area contributed by atoms with Crippen LogP contribution in [0.15, 0.2) is 34.9 Å². The number of aromatic nitrogens is 4. The van der Waals surface area contributed by atoms with E-state index in [1.807, 2.05) is 0 Å². The number of rotatable bonds is 5. The Morgan fingerprint density at radius 2 is 2.08 bits per heavy atom. The molecule has 0 saturated heterocycles. The van der Waals surface area contributed by atoms with Crippen molar-refractivity contribution in [2.24, 2.45) is 0 Å². The largest absolute Gasteiger partial charge is 0.452 e. The number of halogens is 2. The van der Waals surface area contributed by atoms with Crippen molar-refractivity contribution in [2.45, 2.75) is 20.5 Å². The Balaban J connectivity index is 1.72. The molecule has 0 aliphatic carbocycles. The maximum Gasteiger partial charge on any atom is 0.331 e. The summed E-state index contributed by atoms with van der Waals surface area (Å²) in [4.78, 5) is 15.8. The summed E-state index contributed by atoms with van der Waals surface area (Å²) in [5.41, 5.74) is 1.77. The van der Waals surface area contributed by atoms with Crippen molar-refractivity contribution in [1.82, 2.24) is 19.9 Å². The molecule has 0 N–H and O–H groups in total. The highest BCUT2D eigenvalue weighted by atomic mass is 35.5. The van der Waals surface area contributed by atoms with Crippen molar-refractivity contribution in [1.29, 1.82) is 0 Å². The van der Waals surface area contributed by atoms with E-state index in [0.29, 0.717) is 27.9 Å². The number of nitrogens with zero attached hydrogens (tertiary/aromatic N) is 4. The number of hydrogen-bond acceptors (Lipinski definition) is 6.